The molecule has 0 bridgehead atoms. The van der Waals surface area contributed by atoms with Crippen molar-refractivity contribution in [2.24, 2.45) is 5.73 Å². The maximum absolute atomic E-state index is 11.1. The zero-order valence-electron chi connectivity index (χ0n) is 10.1. The zero-order chi connectivity index (χ0) is 13.4. The van der Waals surface area contributed by atoms with E-state index in [0.717, 1.165) is 0 Å². The topological polar surface area (TPSA) is 104 Å². The first-order valence-electron chi connectivity index (χ1n) is 5.46. The van der Waals surface area contributed by atoms with E-state index in [9.17, 15) is 9.59 Å². The van der Waals surface area contributed by atoms with Crippen molar-refractivity contribution in [2.75, 3.05) is 24.6 Å². The first-order valence-corrected chi connectivity index (χ1v) is 6.62. The maximum atomic E-state index is 11.1. The number of thioether (sulfide) groups is 1. The second kappa shape index (κ2) is 8.32. The van der Waals surface area contributed by atoms with Crippen LogP contribution in [0.4, 0.5) is 0 Å². The number of nitrogens with zero attached hydrogens (tertiary/aromatic N) is 1. The first kappa shape index (κ1) is 16.2. The summed E-state index contributed by atoms with van der Waals surface area (Å²) in [6.45, 7) is 5.10. The highest BCUT2D eigenvalue weighted by Gasteiger charge is 2.23. The molecule has 0 aliphatic heterocycles. The number of likely N-dealkylation sites (N-methyl/N-ethyl adjacent to an activating group) is 1. The average molecular weight is 264 g/mol. The summed E-state index contributed by atoms with van der Waals surface area (Å²) >= 11 is 1.26. The minimum atomic E-state index is -1.06. The number of carboxylic acids is 2. The van der Waals surface area contributed by atoms with Gasteiger partial charge in [-0.1, -0.05) is 13.8 Å². The molecule has 0 fully saturated rings. The number of hydrogen-bond acceptors (Lipinski definition) is 5. The molecule has 0 aliphatic carbocycles. The lowest BCUT2D eigenvalue weighted by Gasteiger charge is -2.25. The van der Waals surface area contributed by atoms with E-state index < -0.39 is 24.0 Å². The van der Waals surface area contributed by atoms with Crippen LogP contribution in [-0.2, 0) is 9.59 Å². The van der Waals surface area contributed by atoms with Crippen molar-refractivity contribution >= 4 is 23.7 Å². The monoisotopic (exact) mass is 264 g/mol. The lowest BCUT2D eigenvalue weighted by atomic mass is 10.3. The van der Waals surface area contributed by atoms with Gasteiger partial charge in [0.15, 0.2) is 0 Å². The van der Waals surface area contributed by atoms with Crippen molar-refractivity contribution in [1.29, 1.82) is 0 Å². The van der Waals surface area contributed by atoms with E-state index in [2.05, 4.69) is 0 Å². The molecule has 0 aromatic carbocycles. The fourth-order valence-electron chi connectivity index (χ4n) is 1.38. The fraction of sp³-hybridized carbons (Fsp3) is 0.800. The molecule has 0 radical (unpaired) electrons. The molecule has 0 aromatic rings. The highest BCUT2D eigenvalue weighted by molar-refractivity contribution is 7.99. The molecule has 7 heteroatoms. The SMILES string of the molecule is CCN(CC)[C@H](CSCC(N)C(=O)O)C(=O)O. The first-order chi connectivity index (χ1) is 7.93. The van der Waals surface area contributed by atoms with Crippen LogP contribution < -0.4 is 5.73 Å². The number of aliphatic carboxylic acids is 2. The number of rotatable bonds is 9. The third kappa shape index (κ3) is 5.90. The lowest BCUT2D eigenvalue weighted by molar-refractivity contribution is -0.142. The van der Waals surface area contributed by atoms with Crippen LogP contribution in [0.1, 0.15) is 13.8 Å². The highest BCUT2D eigenvalue weighted by atomic mass is 32.2. The summed E-state index contributed by atoms with van der Waals surface area (Å²) in [6, 6.07) is -1.53. The maximum Gasteiger partial charge on any atom is 0.321 e. The van der Waals surface area contributed by atoms with Crippen molar-refractivity contribution in [2.45, 2.75) is 25.9 Å². The van der Waals surface area contributed by atoms with E-state index in [4.69, 9.17) is 15.9 Å². The highest BCUT2D eigenvalue weighted by Crippen LogP contribution is 2.10. The Balaban J connectivity index is 4.19. The summed E-state index contributed by atoms with van der Waals surface area (Å²) in [5.74, 6) is -1.38. The molecular weight excluding hydrogens is 244 g/mol. The summed E-state index contributed by atoms with van der Waals surface area (Å²) in [4.78, 5) is 23.4. The van der Waals surface area contributed by atoms with Crippen molar-refractivity contribution in [3.05, 3.63) is 0 Å². The van der Waals surface area contributed by atoms with Gasteiger partial charge in [0.25, 0.3) is 0 Å². The Morgan fingerprint density at radius 3 is 2.06 bits per heavy atom. The molecule has 0 aliphatic rings. The van der Waals surface area contributed by atoms with Crippen molar-refractivity contribution < 1.29 is 19.8 Å². The predicted molar refractivity (Wildman–Crippen MR) is 67.3 cm³/mol. The molecule has 0 heterocycles. The van der Waals surface area contributed by atoms with Crippen LogP contribution in [-0.4, -0.2) is 63.7 Å². The van der Waals surface area contributed by atoms with Gasteiger partial charge in [-0.15, -0.1) is 0 Å². The minimum absolute atomic E-state index is 0.223. The normalized spacial score (nSPS) is 14.6. The molecular formula is C10H20N2O4S. The van der Waals surface area contributed by atoms with Crippen LogP contribution in [0.5, 0.6) is 0 Å². The molecule has 0 saturated carbocycles. The van der Waals surface area contributed by atoms with Gasteiger partial charge in [0.1, 0.15) is 12.1 Å². The quantitative estimate of drug-likeness (QED) is 0.535. The Morgan fingerprint density at radius 1 is 1.18 bits per heavy atom. The molecule has 17 heavy (non-hydrogen) atoms. The van der Waals surface area contributed by atoms with E-state index in [1.54, 1.807) is 0 Å². The van der Waals surface area contributed by atoms with Gasteiger partial charge in [-0.25, -0.2) is 0 Å². The summed E-state index contributed by atoms with van der Waals surface area (Å²) in [6.07, 6.45) is 0. The summed E-state index contributed by atoms with van der Waals surface area (Å²) in [5, 5.41) is 17.7. The van der Waals surface area contributed by atoms with Crippen LogP contribution >= 0.6 is 11.8 Å². The smallest absolute Gasteiger partial charge is 0.321 e. The molecule has 0 spiro atoms. The van der Waals surface area contributed by atoms with Crippen LogP contribution in [0, 0.1) is 0 Å². The number of carbonyl (C=O) groups is 2. The average Bonchev–Trinajstić information content (AvgIpc) is 2.27. The van der Waals surface area contributed by atoms with Crippen molar-refractivity contribution in [3.63, 3.8) is 0 Å². The van der Waals surface area contributed by atoms with Gasteiger partial charge in [0.2, 0.25) is 0 Å². The Bertz CT molecular complexity index is 259. The van der Waals surface area contributed by atoms with E-state index in [1.807, 2.05) is 18.7 Å². The number of hydrogen-bond donors (Lipinski definition) is 3. The van der Waals surface area contributed by atoms with Gasteiger partial charge in [-0.2, -0.15) is 11.8 Å². The van der Waals surface area contributed by atoms with Crippen molar-refractivity contribution in [3.8, 4) is 0 Å². The third-order valence-electron chi connectivity index (χ3n) is 2.43. The van der Waals surface area contributed by atoms with Gasteiger partial charge < -0.3 is 15.9 Å². The van der Waals surface area contributed by atoms with Crippen LogP contribution in [0.2, 0.25) is 0 Å². The Morgan fingerprint density at radius 2 is 1.71 bits per heavy atom. The zero-order valence-corrected chi connectivity index (χ0v) is 10.9. The predicted octanol–water partition coefficient (Wildman–Crippen LogP) is -0.0735. The molecule has 2 atom stereocenters. The van der Waals surface area contributed by atoms with E-state index >= 15 is 0 Å². The molecule has 4 N–H and O–H groups in total. The minimum Gasteiger partial charge on any atom is -0.480 e. The largest absolute Gasteiger partial charge is 0.480 e. The van der Waals surface area contributed by atoms with E-state index in [1.165, 1.54) is 11.8 Å². The second-order valence-corrected chi connectivity index (χ2v) is 4.63. The molecule has 100 valence electrons. The molecule has 1 unspecified atom stereocenters. The van der Waals surface area contributed by atoms with Gasteiger partial charge >= 0.3 is 11.9 Å². The Kier molecular flexibility index (Phi) is 7.94. The summed E-state index contributed by atoms with van der Waals surface area (Å²) in [5.41, 5.74) is 5.34. The van der Waals surface area contributed by atoms with Gasteiger partial charge in [-0.05, 0) is 13.1 Å². The molecule has 0 saturated heterocycles. The summed E-state index contributed by atoms with van der Waals surface area (Å²) < 4.78 is 0. The molecule has 0 aromatic heterocycles. The number of carboxylic acid groups (broad SMARTS) is 2. The number of nitrogens with two attached hydrogens (primary N) is 1. The van der Waals surface area contributed by atoms with Gasteiger partial charge in [0, 0.05) is 11.5 Å². The second-order valence-electron chi connectivity index (χ2n) is 3.56. The fourth-order valence-corrected chi connectivity index (χ4v) is 2.48. The van der Waals surface area contributed by atoms with Crippen LogP contribution in [0.25, 0.3) is 0 Å². The lowest BCUT2D eigenvalue weighted by Crippen LogP contribution is -2.43. The van der Waals surface area contributed by atoms with Crippen LogP contribution in [0.15, 0.2) is 0 Å². The van der Waals surface area contributed by atoms with Crippen molar-refractivity contribution in [1.82, 2.24) is 4.90 Å². The molecule has 0 amide bonds. The summed E-state index contributed by atoms with van der Waals surface area (Å²) in [7, 11) is 0. The van der Waals surface area contributed by atoms with E-state index in [0.29, 0.717) is 18.8 Å². The Hall–Kier alpha value is -0.790. The van der Waals surface area contributed by atoms with E-state index in [-0.39, 0.29) is 5.75 Å². The molecule has 6 nitrogen and oxygen atoms in total. The Labute approximate surface area is 105 Å². The van der Waals surface area contributed by atoms with Gasteiger partial charge in [0.05, 0.1) is 0 Å². The third-order valence-corrected chi connectivity index (χ3v) is 3.57. The van der Waals surface area contributed by atoms with Crippen LogP contribution in [0.3, 0.4) is 0 Å². The van der Waals surface area contributed by atoms with Gasteiger partial charge in [-0.3, -0.25) is 14.5 Å². The molecule has 0 rings (SSSR count). The standard InChI is InChI=1S/C10H20N2O4S/c1-3-12(4-2)8(10(15)16)6-17-5-7(11)9(13)14/h7-8H,3-6,11H2,1-2H3,(H,13,14)(H,15,16)/t7?,8-/m1/s1.